The Labute approximate surface area is 89.9 Å². The molecule has 1 rings (SSSR count). The molecular formula is C8H4Cl2N2O2. The van der Waals surface area contributed by atoms with Crippen LogP contribution in [0.5, 0.6) is 0 Å². The SMILES string of the molecule is N#CC1(O)C=CC(O)=C(Cl)C1(Cl)C#N. The van der Waals surface area contributed by atoms with Gasteiger partial charge in [0.15, 0.2) is 0 Å². The summed E-state index contributed by atoms with van der Waals surface area (Å²) in [7, 11) is 0. The molecule has 1 aliphatic rings. The van der Waals surface area contributed by atoms with Crippen molar-refractivity contribution in [2.24, 2.45) is 0 Å². The molecule has 0 saturated carbocycles. The van der Waals surface area contributed by atoms with Crippen LogP contribution in [0.1, 0.15) is 0 Å². The predicted octanol–water partition coefficient (Wildman–Crippen LogP) is 1.32. The van der Waals surface area contributed by atoms with Crippen LogP contribution in [0.4, 0.5) is 0 Å². The summed E-state index contributed by atoms with van der Waals surface area (Å²) in [5.74, 6) is -0.442. The Kier molecular flexibility index (Phi) is 2.47. The quantitative estimate of drug-likeness (QED) is 0.486. The maximum Gasteiger partial charge on any atom is 0.215 e. The van der Waals surface area contributed by atoms with E-state index in [1.54, 1.807) is 0 Å². The average Bonchev–Trinajstić information content (AvgIpc) is 2.21. The monoisotopic (exact) mass is 230 g/mol. The van der Waals surface area contributed by atoms with Gasteiger partial charge in [0.05, 0.1) is 11.1 Å². The lowest BCUT2D eigenvalue weighted by Gasteiger charge is -2.32. The second kappa shape index (κ2) is 3.18. The van der Waals surface area contributed by atoms with Crippen LogP contribution in [0.2, 0.25) is 0 Å². The summed E-state index contributed by atoms with van der Waals surface area (Å²) in [6.45, 7) is 0. The average molecular weight is 231 g/mol. The van der Waals surface area contributed by atoms with E-state index in [1.165, 1.54) is 12.1 Å². The molecule has 2 unspecified atom stereocenters. The highest BCUT2D eigenvalue weighted by molar-refractivity contribution is 6.42. The molecule has 4 nitrogen and oxygen atoms in total. The molecule has 0 spiro atoms. The van der Waals surface area contributed by atoms with Crippen molar-refractivity contribution in [1.82, 2.24) is 0 Å². The minimum Gasteiger partial charge on any atom is -0.507 e. The molecule has 0 aromatic heterocycles. The second-order valence-corrected chi connectivity index (χ2v) is 3.63. The van der Waals surface area contributed by atoms with Crippen LogP contribution in [0.25, 0.3) is 0 Å². The number of allylic oxidation sites excluding steroid dienone is 1. The molecule has 0 aromatic rings. The third-order valence-electron chi connectivity index (χ3n) is 1.86. The Morgan fingerprint density at radius 1 is 1.36 bits per heavy atom. The van der Waals surface area contributed by atoms with Crippen LogP contribution in [0.15, 0.2) is 22.9 Å². The van der Waals surface area contributed by atoms with Crippen molar-refractivity contribution in [2.75, 3.05) is 0 Å². The standard InChI is InChI=1S/C8H4Cl2N2O2/c9-6-5(13)1-2-7(14,3-11)8(6,10)4-12/h1-2,13-14H. The smallest absolute Gasteiger partial charge is 0.215 e. The number of aliphatic hydroxyl groups excluding tert-OH is 1. The van der Waals surface area contributed by atoms with E-state index in [1.807, 2.05) is 0 Å². The Balaban J connectivity index is 3.44. The van der Waals surface area contributed by atoms with E-state index in [9.17, 15) is 10.2 Å². The third-order valence-corrected chi connectivity index (χ3v) is 2.99. The minimum absolute atomic E-state index is 0.442. The summed E-state index contributed by atoms with van der Waals surface area (Å²) in [4.78, 5) is -2.16. The molecule has 1 aliphatic carbocycles. The van der Waals surface area contributed by atoms with Crippen molar-refractivity contribution >= 4 is 23.2 Å². The van der Waals surface area contributed by atoms with Gasteiger partial charge in [-0.05, 0) is 12.2 Å². The maximum absolute atomic E-state index is 9.66. The van der Waals surface area contributed by atoms with Gasteiger partial charge < -0.3 is 10.2 Å². The Morgan fingerprint density at radius 3 is 2.36 bits per heavy atom. The summed E-state index contributed by atoms with van der Waals surface area (Å²) in [5.41, 5.74) is -2.24. The van der Waals surface area contributed by atoms with E-state index < -0.39 is 21.3 Å². The zero-order valence-electron chi connectivity index (χ0n) is 6.70. The van der Waals surface area contributed by atoms with Crippen LogP contribution in [0, 0.1) is 22.7 Å². The fourth-order valence-electron chi connectivity index (χ4n) is 0.980. The lowest BCUT2D eigenvalue weighted by atomic mass is 9.84. The minimum atomic E-state index is -2.24. The maximum atomic E-state index is 9.66. The fourth-order valence-corrected chi connectivity index (χ4v) is 1.43. The largest absolute Gasteiger partial charge is 0.507 e. The normalized spacial score (nSPS) is 36.4. The molecule has 0 aliphatic heterocycles. The highest BCUT2D eigenvalue weighted by Crippen LogP contribution is 2.43. The summed E-state index contributed by atoms with van der Waals surface area (Å²) < 4.78 is 0. The summed E-state index contributed by atoms with van der Waals surface area (Å²) >= 11 is 11.2. The van der Waals surface area contributed by atoms with Crippen LogP contribution in [-0.4, -0.2) is 20.7 Å². The van der Waals surface area contributed by atoms with Gasteiger partial charge in [-0.25, -0.2) is 0 Å². The molecule has 0 amide bonds. The summed E-state index contributed by atoms with van der Waals surface area (Å²) in [6, 6.07) is 2.95. The highest BCUT2D eigenvalue weighted by atomic mass is 35.5. The molecule has 2 atom stereocenters. The van der Waals surface area contributed by atoms with Crippen LogP contribution >= 0.6 is 23.2 Å². The molecule has 6 heteroatoms. The van der Waals surface area contributed by atoms with E-state index >= 15 is 0 Å². The molecule has 0 saturated heterocycles. The predicted molar refractivity (Wildman–Crippen MR) is 49.4 cm³/mol. The molecule has 0 bridgehead atoms. The van der Waals surface area contributed by atoms with Crippen LogP contribution in [-0.2, 0) is 0 Å². The van der Waals surface area contributed by atoms with Gasteiger partial charge in [-0.15, -0.1) is 0 Å². The number of alkyl halides is 1. The van der Waals surface area contributed by atoms with E-state index in [0.717, 1.165) is 12.2 Å². The van der Waals surface area contributed by atoms with Crippen molar-refractivity contribution in [1.29, 1.82) is 10.5 Å². The van der Waals surface area contributed by atoms with E-state index in [-0.39, 0.29) is 0 Å². The third kappa shape index (κ3) is 1.17. The number of rotatable bonds is 0. The zero-order valence-corrected chi connectivity index (χ0v) is 8.21. The van der Waals surface area contributed by atoms with E-state index in [2.05, 4.69) is 0 Å². The lowest BCUT2D eigenvalue weighted by Crippen LogP contribution is -2.49. The Hall–Kier alpha value is -1.20. The summed E-state index contributed by atoms with van der Waals surface area (Å²) in [6.07, 6.45) is 1.94. The molecule has 0 heterocycles. The number of aliphatic hydroxyl groups is 2. The van der Waals surface area contributed by atoms with Gasteiger partial charge in [-0.2, -0.15) is 10.5 Å². The highest BCUT2D eigenvalue weighted by Gasteiger charge is 2.54. The van der Waals surface area contributed by atoms with Crippen molar-refractivity contribution < 1.29 is 10.2 Å². The molecule has 0 aromatic carbocycles. The topological polar surface area (TPSA) is 88.0 Å². The van der Waals surface area contributed by atoms with Gasteiger partial charge in [0.25, 0.3) is 0 Å². The fraction of sp³-hybridized carbons (Fsp3) is 0.250. The Bertz CT molecular complexity index is 418. The van der Waals surface area contributed by atoms with Gasteiger partial charge in [0.1, 0.15) is 11.8 Å². The van der Waals surface area contributed by atoms with Crippen molar-refractivity contribution in [3.05, 3.63) is 22.9 Å². The summed E-state index contributed by atoms with van der Waals surface area (Å²) in [5, 5.41) is 35.8. The first-order valence-electron chi connectivity index (χ1n) is 3.43. The molecule has 2 N–H and O–H groups in total. The zero-order chi connectivity index (χ0) is 11.0. The van der Waals surface area contributed by atoms with Gasteiger partial charge >= 0.3 is 0 Å². The molecule has 0 fully saturated rings. The number of hydrogen-bond donors (Lipinski definition) is 2. The van der Waals surface area contributed by atoms with Gasteiger partial charge in [0.2, 0.25) is 10.5 Å². The van der Waals surface area contributed by atoms with Crippen molar-refractivity contribution in [3.63, 3.8) is 0 Å². The van der Waals surface area contributed by atoms with Crippen molar-refractivity contribution in [2.45, 2.75) is 10.5 Å². The van der Waals surface area contributed by atoms with Gasteiger partial charge in [-0.3, -0.25) is 0 Å². The first kappa shape index (κ1) is 10.9. The van der Waals surface area contributed by atoms with Crippen LogP contribution in [0.3, 0.4) is 0 Å². The number of nitrogens with zero attached hydrogens (tertiary/aromatic N) is 2. The first-order valence-corrected chi connectivity index (χ1v) is 4.19. The lowest BCUT2D eigenvalue weighted by molar-refractivity contribution is 0.131. The molecule has 72 valence electrons. The number of halogens is 2. The van der Waals surface area contributed by atoms with Gasteiger partial charge in [-0.1, -0.05) is 23.2 Å². The van der Waals surface area contributed by atoms with Crippen molar-refractivity contribution in [3.8, 4) is 12.1 Å². The Morgan fingerprint density at radius 2 is 1.93 bits per heavy atom. The molecule has 14 heavy (non-hydrogen) atoms. The first-order chi connectivity index (χ1) is 6.41. The van der Waals surface area contributed by atoms with Crippen LogP contribution < -0.4 is 0 Å². The number of nitriles is 2. The second-order valence-electron chi connectivity index (χ2n) is 2.68. The van der Waals surface area contributed by atoms with E-state index in [4.69, 9.17) is 33.7 Å². The van der Waals surface area contributed by atoms with Gasteiger partial charge in [0, 0.05) is 0 Å². The number of hydrogen-bond acceptors (Lipinski definition) is 4. The molecular weight excluding hydrogens is 227 g/mol. The molecule has 0 radical (unpaired) electrons. The van der Waals surface area contributed by atoms with E-state index in [0.29, 0.717) is 0 Å².